The minimum Gasteiger partial charge on any atom is -0.379 e. The number of hydrogen-bond acceptors (Lipinski definition) is 3. The highest BCUT2D eigenvalue weighted by Crippen LogP contribution is 2.17. The molecule has 0 spiro atoms. The van der Waals surface area contributed by atoms with Crippen molar-refractivity contribution in [2.45, 2.75) is 45.3 Å². The van der Waals surface area contributed by atoms with Gasteiger partial charge in [0.2, 0.25) is 0 Å². The maximum atomic E-state index is 5.41. The standard InChI is InChI=1S/C11H25NOS/c1-6-12-10(9-14-5)7-8-11(2,3)13-4/h10,12H,6-9H2,1-5H3. The van der Waals surface area contributed by atoms with Gasteiger partial charge in [-0.1, -0.05) is 6.92 Å². The van der Waals surface area contributed by atoms with Crippen LogP contribution in [-0.4, -0.2) is 37.3 Å². The molecule has 14 heavy (non-hydrogen) atoms. The predicted molar refractivity (Wildman–Crippen MR) is 66.2 cm³/mol. The first kappa shape index (κ1) is 14.3. The number of nitrogens with one attached hydrogen (secondary N) is 1. The number of ether oxygens (including phenoxy) is 1. The van der Waals surface area contributed by atoms with Gasteiger partial charge < -0.3 is 10.1 Å². The summed E-state index contributed by atoms with van der Waals surface area (Å²) in [5.74, 6) is 1.19. The predicted octanol–water partition coefficient (Wildman–Crippen LogP) is 2.53. The highest BCUT2D eigenvalue weighted by Gasteiger charge is 2.18. The monoisotopic (exact) mass is 219 g/mol. The first-order valence-corrected chi connectivity index (χ1v) is 6.72. The Kier molecular flexibility index (Phi) is 7.69. The Bertz CT molecular complexity index is 133. The lowest BCUT2D eigenvalue weighted by atomic mass is 9.99. The van der Waals surface area contributed by atoms with E-state index in [1.54, 1.807) is 7.11 Å². The molecular formula is C11H25NOS. The fraction of sp³-hybridized carbons (Fsp3) is 1.00. The summed E-state index contributed by atoms with van der Waals surface area (Å²) in [6.45, 7) is 7.51. The molecule has 1 N–H and O–H groups in total. The van der Waals surface area contributed by atoms with E-state index in [0.717, 1.165) is 13.0 Å². The van der Waals surface area contributed by atoms with Gasteiger partial charge >= 0.3 is 0 Å². The van der Waals surface area contributed by atoms with Gasteiger partial charge in [0.25, 0.3) is 0 Å². The molecule has 0 aliphatic heterocycles. The summed E-state index contributed by atoms with van der Waals surface area (Å²) in [5.41, 5.74) is 0.0199. The number of thioether (sulfide) groups is 1. The lowest BCUT2D eigenvalue weighted by molar-refractivity contribution is 0.0122. The molecule has 0 aliphatic carbocycles. The average Bonchev–Trinajstić information content (AvgIpc) is 2.15. The van der Waals surface area contributed by atoms with E-state index >= 15 is 0 Å². The van der Waals surface area contributed by atoms with Crippen LogP contribution in [0.15, 0.2) is 0 Å². The van der Waals surface area contributed by atoms with Gasteiger partial charge in [-0.3, -0.25) is 0 Å². The zero-order valence-electron chi connectivity index (χ0n) is 10.2. The molecule has 1 unspecified atom stereocenters. The molecule has 0 fully saturated rings. The average molecular weight is 219 g/mol. The van der Waals surface area contributed by atoms with Crippen molar-refractivity contribution in [3.8, 4) is 0 Å². The molecule has 0 aromatic carbocycles. The van der Waals surface area contributed by atoms with Crippen LogP contribution in [0.1, 0.15) is 33.6 Å². The van der Waals surface area contributed by atoms with Gasteiger partial charge in [-0.15, -0.1) is 0 Å². The SMILES string of the molecule is CCNC(CCC(C)(C)OC)CSC. The highest BCUT2D eigenvalue weighted by molar-refractivity contribution is 7.98. The Hall–Kier alpha value is 0.270. The van der Waals surface area contributed by atoms with Crippen LogP contribution in [0.4, 0.5) is 0 Å². The first-order valence-electron chi connectivity index (χ1n) is 5.33. The van der Waals surface area contributed by atoms with Crippen LogP contribution in [0.2, 0.25) is 0 Å². The Morgan fingerprint density at radius 2 is 2.07 bits per heavy atom. The molecule has 1 atom stereocenters. The summed E-state index contributed by atoms with van der Waals surface area (Å²) in [6.07, 6.45) is 4.46. The molecule has 0 rings (SSSR count). The van der Waals surface area contributed by atoms with Crippen LogP contribution >= 0.6 is 11.8 Å². The number of rotatable bonds is 8. The molecule has 86 valence electrons. The van der Waals surface area contributed by atoms with E-state index in [4.69, 9.17) is 4.74 Å². The van der Waals surface area contributed by atoms with E-state index < -0.39 is 0 Å². The molecule has 0 bridgehead atoms. The summed E-state index contributed by atoms with van der Waals surface area (Å²) in [5, 5.41) is 3.50. The van der Waals surface area contributed by atoms with Gasteiger partial charge in [-0.05, 0) is 39.5 Å². The van der Waals surface area contributed by atoms with Crippen LogP contribution < -0.4 is 5.32 Å². The van der Waals surface area contributed by atoms with Crippen LogP contribution in [0.25, 0.3) is 0 Å². The van der Waals surface area contributed by atoms with Gasteiger partial charge in [0, 0.05) is 18.9 Å². The number of methoxy groups -OCH3 is 1. The third kappa shape index (κ3) is 6.68. The van der Waals surface area contributed by atoms with Gasteiger partial charge in [0.05, 0.1) is 5.60 Å². The third-order valence-corrected chi connectivity index (χ3v) is 3.24. The Labute approximate surface area is 93.2 Å². The number of hydrogen-bond donors (Lipinski definition) is 1. The first-order chi connectivity index (χ1) is 6.55. The summed E-state index contributed by atoms with van der Waals surface area (Å²) >= 11 is 1.90. The van der Waals surface area contributed by atoms with Crippen molar-refractivity contribution in [2.24, 2.45) is 0 Å². The maximum Gasteiger partial charge on any atom is 0.0623 e. The molecule has 0 saturated carbocycles. The van der Waals surface area contributed by atoms with Crippen molar-refractivity contribution in [1.29, 1.82) is 0 Å². The van der Waals surface area contributed by atoms with E-state index in [-0.39, 0.29) is 5.60 Å². The van der Waals surface area contributed by atoms with Gasteiger partial charge in [-0.25, -0.2) is 0 Å². The molecule has 0 heterocycles. The van der Waals surface area contributed by atoms with Gasteiger partial charge in [0.15, 0.2) is 0 Å². The Balaban J connectivity index is 3.80. The summed E-state index contributed by atoms with van der Waals surface area (Å²) in [6, 6.07) is 0.629. The zero-order chi connectivity index (χ0) is 11.0. The molecule has 0 aliphatic rings. The molecule has 0 aromatic rings. The molecule has 0 radical (unpaired) electrons. The topological polar surface area (TPSA) is 21.3 Å². The molecule has 2 nitrogen and oxygen atoms in total. The van der Waals surface area contributed by atoms with E-state index in [1.807, 2.05) is 11.8 Å². The maximum absolute atomic E-state index is 5.41. The fourth-order valence-corrected chi connectivity index (χ4v) is 2.04. The Morgan fingerprint density at radius 3 is 2.50 bits per heavy atom. The summed E-state index contributed by atoms with van der Waals surface area (Å²) in [7, 11) is 1.79. The molecule has 0 saturated heterocycles. The minimum absolute atomic E-state index is 0.0199. The van der Waals surface area contributed by atoms with Gasteiger partial charge in [0.1, 0.15) is 0 Å². The van der Waals surface area contributed by atoms with E-state index in [1.165, 1.54) is 12.2 Å². The van der Waals surface area contributed by atoms with E-state index in [9.17, 15) is 0 Å². The van der Waals surface area contributed by atoms with Gasteiger partial charge in [-0.2, -0.15) is 11.8 Å². The summed E-state index contributed by atoms with van der Waals surface area (Å²) < 4.78 is 5.41. The second-order valence-electron chi connectivity index (χ2n) is 4.21. The second-order valence-corrected chi connectivity index (χ2v) is 5.12. The van der Waals surface area contributed by atoms with Crippen molar-refractivity contribution in [2.75, 3.05) is 25.7 Å². The van der Waals surface area contributed by atoms with Crippen molar-refractivity contribution in [3.05, 3.63) is 0 Å². The normalized spacial score (nSPS) is 14.4. The molecular weight excluding hydrogens is 194 g/mol. The van der Waals surface area contributed by atoms with Crippen molar-refractivity contribution < 1.29 is 4.74 Å². The van der Waals surface area contributed by atoms with E-state index in [0.29, 0.717) is 6.04 Å². The van der Waals surface area contributed by atoms with E-state index in [2.05, 4.69) is 32.3 Å². The smallest absolute Gasteiger partial charge is 0.0623 e. The lowest BCUT2D eigenvalue weighted by Gasteiger charge is -2.26. The van der Waals surface area contributed by atoms with Crippen molar-refractivity contribution >= 4 is 11.8 Å². The largest absolute Gasteiger partial charge is 0.379 e. The third-order valence-electron chi connectivity index (χ3n) is 2.51. The molecule has 3 heteroatoms. The van der Waals surface area contributed by atoms with Crippen LogP contribution in [0.3, 0.4) is 0 Å². The lowest BCUT2D eigenvalue weighted by Crippen LogP contribution is -2.34. The minimum atomic E-state index is 0.0199. The van der Waals surface area contributed by atoms with Crippen LogP contribution in [0, 0.1) is 0 Å². The highest BCUT2D eigenvalue weighted by atomic mass is 32.2. The molecule has 0 aromatic heterocycles. The fourth-order valence-electron chi connectivity index (χ4n) is 1.36. The zero-order valence-corrected chi connectivity index (χ0v) is 11.0. The quantitative estimate of drug-likeness (QED) is 0.678. The molecule has 0 amide bonds. The van der Waals surface area contributed by atoms with Crippen molar-refractivity contribution in [3.63, 3.8) is 0 Å². The second kappa shape index (κ2) is 7.55. The summed E-state index contributed by atoms with van der Waals surface area (Å²) in [4.78, 5) is 0. The van der Waals surface area contributed by atoms with Crippen LogP contribution in [0.5, 0.6) is 0 Å². The Morgan fingerprint density at radius 1 is 1.43 bits per heavy atom. The van der Waals surface area contributed by atoms with Crippen molar-refractivity contribution in [1.82, 2.24) is 5.32 Å². The van der Waals surface area contributed by atoms with Crippen LogP contribution in [-0.2, 0) is 4.74 Å².